The van der Waals surface area contributed by atoms with Gasteiger partial charge in [-0.2, -0.15) is 8.78 Å². The molecule has 26 heavy (non-hydrogen) atoms. The lowest BCUT2D eigenvalue weighted by molar-refractivity contribution is -0.121. The van der Waals surface area contributed by atoms with Gasteiger partial charge in [-0.05, 0) is 35.7 Å². The van der Waals surface area contributed by atoms with E-state index in [0.29, 0.717) is 17.5 Å². The average molecular weight is 381 g/mol. The molecule has 0 aromatic heterocycles. The fraction of sp³-hybridized carbons (Fsp3) is 0.278. The first-order valence-electron chi connectivity index (χ1n) is 8.00. The van der Waals surface area contributed by atoms with E-state index in [4.69, 9.17) is 0 Å². The highest BCUT2D eigenvalue weighted by Crippen LogP contribution is 2.31. The molecule has 8 heteroatoms. The predicted molar refractivity (Wildman–Crippen MR) is 90.8 cm³/mol. The van der Waals surface area contributed by atoms with Crippen LogP contribution in [0.2, 0.25) is 0 Å². The molecule has 1 unspecified atom stereocenters. The van der Waals surface area contributed by atoms with Crippen molar-refractivity contribution in [3.8, 4) is 5.75 Å². The Morgan fingerprint density at radius 2 is 1.85 bits per heavy atom. The highest BCUT2D eigenvalue weighted by atomic mass is 32.2. The molecule has 0 aliphatic carbocycles. The van der Waals surface area contributed by atoms with Crippen molar-refractivity contribution >= 4 is 15.7 Å². The van der Waals surface area contributed by atoms with Crippen LogP contribution in [-0.4, -0.2) is 26.7 Å². The summed E-state index contributed by atoms with van der Waals surface area (Å²) in [5, 5.41) is 2.85. The van der Waals surface area contributed by atoms with Gasteiger partial charge in [0.25, 0.3) is 0 Å². The molecule has 138 valence electrons. The molecule has 5 nitrogen and oxygen atoms in total. The van der Waals surface area contributed by atoms with E-state index >= 15 is 0 Å². The molecule has 0 radical (unpaired) electrons. The number of nitrogens with one attached hydrogen (secondary N) is 1. The number of alkyl halides is 2. The first-order chi connectivity index (χ1) is 12.3. The van der Waals surface area contributed by atoms with Crippen LogP contribution in [0.25, 0.3) is 0 Å². The maximum absolute atomic E-state index is 12.3. The Balaban J connectivity index is 1.67. The number of rotatable bonds is 5. The Morgan fingerprint density at radius 3 is 2.54 bits per heavy atom. The smallest absolute Gasteiger partial charge is 0.387 e. The fourth-order valence-electron chi connectivity index (χ4n) is 2.96. The van der Waals surface area contributed by atoms with Crippen molar-refractivity contribution in [1.82, 2.24) is 5.32 Å². The third kappa shape index (κ3) is 4.19. The van der Waals surface area contributed by atoms with Gasteiger partial charge in [0.2, 0.25) is 5.91 Å². The second kappa shape index (κ2) is 7.41. The molecule has 0 saturated heterocycles. The standard InChI is InChI=1S/C18H17F2NO4S/c19-18(20)25-13-7-5-12(6-8-13)11-17(22)21-15-9-10-26(23,24)16-4-2-1-3-14(15)16/h1-8,15,18H,9-11H2,(H,21,22). The predicted octanol–water partition coefficient (Wildman–Crippen LogP) is 2.87. The monoisotopic (exact) mass is 381 g/mol. The van der Waals surface area contributed by atoms with E-state index in [9.17, 15) is 22.0 Å². The van der Waals surface area contributed by atoms with Crippen molar-refractivity contribution in [1.29, 1.82) is 0 Å². The molecular formula is C18H17F2NO4S. The van der Waals surface area contributed by atoms with Gasteiger partial charge in [-0.1, -0.05) is 30.3 Å². The summed E-state index contributed by atoms with van der Waals surface area (Å²) < 4.78 is 52.8. The fourth-order valence-corrected chi connectivity index (χ4v) is 4.58. The van der Waals surface area contributed by atoms with Crippen LogP contribution in [0.5, 0.6) is 5.75 Å². The molecule has 1 aliphatic heterocycles. The number of fused-ring (bicyclic) bond motifs is 1. The molecule has 1 amide bonds. The zero-order valence-corrected chi connectivity index (χ0v) is 14.5. The molecule has 1 aliphatic rings. The second-order valence-corrected chi connectivity index (χ2v) is 8.04. The molecular weight excluding hydrogens is 364 g/mol. The number of sulfone groups is 1. The number of carbonyl (C=O) groups excluding carboxylic acids is 1. The Morgan fingerprint density at radius 1 is 1.15 bits per heavy atom. The number of amides is 1. The molecule has 0 fully saturated rings. The summed E-state index contributed by atoms with van der Waals surface area (Å²) in [7, 11) is -3.31. The number of ether oxygens (including phenoxy) is 1. The van der Waals surface area contributed by atoms with Crippen LogP contribution < -0.4 is 10.1 Å². The highest BCUT2D eigenvalue weighted by molar-refractivity contribution is 7.91. The van der Waals surface area contributed by atoms with E-state index in [-0.39, 0.29) is 34.8 Å². The normalized spacial score (nSPS) is 18.2. The van der Waals surface area contributed by atoms with Crippen LogP contribution >= 0.6 is 0 Å². The Labute approximate surface area is 149 Å². The highest BCUT2D eigenvalue weighted by Gasteiger charge is 2.30. The average Bonchev–Trinajstić information content (AvgIpc) is 2.59. The second-order valence-electron chi connectivity index (χ2n) is 5.96. The molecule has 2 aromatic rings. The number of hydrogen-bond donors (Lipinski definition) is 1. The van der Waals surface area contributed by atoms with Crippen molar-refractivity contribution < 1.29 is 26.7 Å². The lowest BCUT2D eigenvalue weighted by Gasteiger charge is -2.26. The summed E-state index contributed by atoms with van der Waals surface area (Å²) in [5.41, 5.74) is 1.23. The third-order valence-corrected chi connectivity index (χ3v) is 5.97. The third-order valence-electron chi connectivity index (χ3n) is 4.15. The van der Waals surface area contributed by atoms with Crippen molar-refractivity contribution in [3.05, 3.63) is 59.7 Å². The largest absolute Gasteiger partial charge is 0.435 e. The van der Waals surface area contributed by atoms with E-state index in [2.05, 4.69) is 10.1 Å². The van der Waals surface area contributed by atoms with Crippen LogP contribution in [0.4, 0.5) is 8.78 Å². The first kappa shape index (κ1) is 18.3. The van der Waals surface area contributed by atoms with Crippen LogP contribution in [-0.2, 0) is 21.1 Å². The molecule has 1 atom stereocenters. The number of carbonyl (C=O) groups is 1. The Hall–Kier alpha value is -2.48. The van der Waals surface area contributed by atoms with Gasteiger partial charge >= 0.3 is 6.61 Å². The van der Waals surface area contributed by atoms with Crippen molar-refractivity contribution in [3.63, 3.8) is 0 Å². The van der Waals surface area contributed by atoms with Gasteiger partial charge in [0.15, 0.2) is 9.84 Å². The molecule has 0 saturated carbocycles. The lowest BCUT2D eigenvalue weighted by Crippen LogP contribution is -2.34. The summed E-state index contributed by atoms with van der Waals surface area (Å²) in [5.74, 6) is -0.267. The van der Waals surface area contributed by atoms with E-state index in [1.54, 1.807) is 24.3 Å². The maximum Gasteiger partial charge on any atom is 0.387 e. The summed E-state index contributed by atoms with van der Waals surface area (Å²) >= 11 is 0. The van der Waals surface area contributed by atoms with E-state index in [1.165, 1.54) is 24.3 Å². The van der Waals surface area contributed by atoms with Crippen LogP contribution in [0, 0.1) is 0 Å². The zero-order valence-electron chi connectivity index (χ0n) is 13.7. The van der Waals surface area contributed by atoms with Gasteiger partial charge in [-0.3, -0.25) is 4.79 Å². The summed E-state index contributed by atoms with van der Waals surface area (Å²) in [6, 6.07) is 12.1. The SMILES string of the molecule is O=C(Cc1ccc(OC(F)F)cc1)NC1CCS(=O)(=O)c2ccccc21. The summed E-state index contributed by atoms with van der Waals surface area (Å²) in [6.07, 6.45) is 0.368. The summed E-state index contributed by atoms with van der Waals surface area (Å²) in [6.45, 7) is -2.90. The minimum atomic E-state index is -3.31. The van der Waals surface area contributed by atoms with Gasteiger partial charge < -0.3 is 10.1 Å². The maximum atomic E-state index is 12.3. The Kier molecular flexibility index (Phi) is 5.22. The summed E-state index contributed by atoms with van der Waals surface area (Å²) in [4.78, 5) is 12.6. The van der Waals surface area contributed by atoms with Gasteiger partial charge in [0, 0.05) is 0 Å². The van der Waals surface area contributed by atoms with Crippen molar-refractivity contribution in [2.24, 2.45) is 0 Å². The first-order valence-corrected chi connectivity index (χ1v) is 9.65. The topological polar surface area (TPSA) is 72.5 Å². The van der Waals surface area contributed by atoms with Gasteiger partial charge in [0.1, 0.15) is 5.75 Å². The lowest BCUT2D eigenvalue weighted by atomic mass is 10.0. The van der Waals surface area contributed by atoms with E-state index < -0.39 is 16.4 Å². The molecule has 1 heterocycles. The quantitative estimate of drug-likeness (QED) is 0.865. The van der Waals surface area contributed by atoms with Crippen LogP contribution in [0.3, 0.4) is 0 Å². The number of hydrogen-bond acceptors (Lipinski definition) is 4. The van der Waals surface area contributed by atoms with Gasteiger partial charge in [0.05, 0.1) is 23.1 Å². The van der Waals surface area contributed by atoms with Crippen LogP contribution in [0.1, 0.15) is 23.6 Å². The van der Waals surface area contributed by atoms with E-state index in [1.807, 2.05) is 0 Å². The molecule has 1 N–H and O–H groups in total. The molecule has 3 rings (SSSR count). The molecule has 2 aromatic carbocycles. The number of benzene rings is 2. The van der Waals surface area contributed by atoms with E-state index in [0.717, 1.165) is 0 Å². The zero-order chi connectivity index (χ0) is 18.7. The minimum absolute atomic E-state index is 0.0192. The van der Waals surface area contributed by atoms with Crippen molar-refractivity contribution in [2.75, 3.05) is 5.75 Å². The minimum Gasteiger partial charge on any atom is -0.435 e. The molecule has 0 spiro atoms. The Bertz CT molecular complexity index is 898. The van der Waals surface area contributed by atoms with Crippen molar-refractivity contribution in [2.45, 2.75) is 30.4 Å². The van der Waals surface area contributed by atoms with Gasteiger partial charge in [-0.15, -0.1) is 0 Å². The molecule has 0 bridgehead atoms. The van der Waals surface area contributed by atoms with Crippen LogP contribution in [0.15, 0.2) is 53.4 Å². The number of halogens is 2. The van der Waals surface area contributed by atoms with Gasteiger partial charge in [-0.25, -0.2) is 8.42 Å².